The van der Waals surface area contributed by atoms with E-state index in [1.54, 1.807) is 18.2 Å². The molecule has 0 bridgehead atoms. The predicted molar refractivity (Wildman–Crippen MR) is 73.8 cm³/mol. The fraction of sp³-hybridized carbons (Fsp3) is 0.429. The van der Waals surface area contributed by atoms with Crippen LogP contribution in [-0.2, 0) is 4.79 Å². The van der Waals surface area contributed by atoms with Gasteiger partial charge >= 0.3 is 0 Å². The van der Waals surface area contributed by atoms with Crippen molar-refractivity contribution in [2.45, 2.75) is 25.8 Å². The second-order valence-corrected chi connectivity index (χ2v) is 4.79. The van der Waals surface area contributed by atoms with Gasteiger partial charge in [0.05, 0.1) is 5.69 Å². The Morgan fingerprint density at radius 2 is 2.35 bits per heavy atom. The lowest BCUT2D eigenvalue weighted by molar-refractivity contribution is -0.118. The summed E-state index contributed by atoms with van der Waals surface area (Å²) in [5.41, 5.74) is 1.06. The zero-order chi connectivity index (χ0) is 14.5. The first-order valence-electron chi connectivity index (χ1n) is 6.58. The zero-order valence-electron chi connectivity index (χ0n) is 11.3. The first-order valence-corrected chi connectivity index (χ1v) is 6.58. The summed E-state index contributed by atoms with van der Waals surface area (Å²) in [6.07, 6.45) is 1.38. The molecule has 0 aliphatic carbocycles. The highest BCUT2D eigenvalue weighted by Crippen LogP contribution is 2.28. The van der Waals surface area contributed by atoms with Gasteiger partial charge < -0.3 is 20.5 Å². The number of hydrogen-bond donors (Lipinski definition) is 3. The van der Waals surface area contributed by atoms with Gasteiger partial charge in [-0.2, -0.15) is 0 Å². The molecule has 0 radical (unpaired) electrons. The molecule has 1 aromatic rings. The Labute approximate surface area is 117 Å². The molecule has 0 aromatic heterocycles. The molecule has 1 heterocycles. The molecule has 108 valence electrons. The first kappa shape index (κ1) is 14.3. The van der Waals surface area contributed by atoms with Crippen LogP contribution in [0, 0.1) is 0 Å². The first-order chi connectivity index (χ1) is 9.60. The smallest absolute Gasteiger partial charge is 0.262 e. The number of anilines is 1. The summed E-state index contributed by atoms with van der Waals surface area (Å²) < 4.78 is 5.27. The minimum Gasteiger partial charge on any atom is -0.482 e. The van der Waals surface area contributed by atoms with E-state index in [9.17, 15) is 9.59 Å². The van der Waals surface area contributed by atoms with E-state index in [1.165, 1.54) is 0 Å². The number of ether oxygens (including phenoxy) is 1. The maximum atomic E-state index is 12.1. The van der Waals surface area contributed by atoms with Gasteiger partial charge in [-0.1, -0.05) is 0 Å². The lowest BCUT2D eigenvalue weighted by Gasteiger charge is -2.19. The summed E-state index contributed by atoms with van der Waals surface area (Å²) in [6, 6.07) is 4.90. The van der Waals surface area contributed by atoms with Gasteiger partial charge in [-0.3, -0.25) is 9.59 Å². The summed E-state index contributed by atoms with van der Waals surface area (Å²) in [6.45, 7) is 1.97. The van der Waals surface area contributed by atoms with Gasteiger partial charge in [0.15, 0.2) is 6.61 Å². The van der Waals surface area contributed by atoms with Crippen molar-refractivity contribution in [1.82, 2.24) is 5.32 Å². The van der Waals surface area contributed by atoms with Crippen LogP contribution in [0.1, 0.15) is 30.1 Å². The highest BCUT2D eigenvalue weighted by Gasteiger charge is 2.18. The van der Waals surface area contributed by atoms with Gasteiger partial charge in [0.25, 0.3) is 11.8 Å². The highest BCUT2D eigenvalue weighted by molar-refractivity contribution is 5.99. The number of carbonyl (C=O) groups excluding carboxylic acids is 2. The number of amides is 2. The monoisotopic (exact) mass is 278 g/mol. The van der Waals surface area contributed by atoms with Crippen molar-refractivity contribution in [3.8, 4) is 5.75 Å². The molecule has 0 saturated heterocycles. The number of hydrogen-bond acceptors (Lipinski definition) is 4. The van der Waals surface area contributed by atoms with Crippen LogP contribution in [0.25, 0.3) is 0 Å². The van der Waals surface area contributed by atoms with E-state index in [2.05, 4.69) is 10.6 Å². The SMILES string of the molecule is CC(CCCO)NC(=O)c1ccc2c(c1)OCC(=O)N2. The Balaban J connectivity index is 2.02. The predicted octanol–water partition coefficient (Wildman–Crippen LogP) is 0.908. The number of rotatable bonds is 5. The maximum Gasteiger partial charge on any atom is 0.262 e. The zero-order valence-corrected chi connectivity index (χ0v) is 11.3. The number of aliphatic hydroxyl groups excluding tert-OH is 1. The minimum absolute atomic E-state index is 0.00805. The van der Waals surface area contributed by atoms with E-state index in [0.29, 0.717) is 23.4 Å². The molecule has 0 saturated carbocycles. The van der Waals surface area contributed by atoms with Crippen LogP contribution in [0.3, 0.4) is 0 Å². The standard InChI is InChI=1S/C14H18N2O4/c1-9(3-2-6-17)15-14(19)10-4-5-11-12(7-10)20-8-13(18)16-11/h4-5,7,9,17H,2-3,6,8H2,1H3,(H,15,19)(H,16,18). The third-order valence-corrected chi connectivity index (χ3v) is 3.05. The molecule has 20 heavy (non-hydrogen) atoms. The number of aliphatic hydroxyl groups is 1. The Kier molecular flexibility index (Phi) is 4.57. The van der Waals surface area contributed by atoms with E-state index >= 15 is 0 Å². The summed E-state index contributed by atoms with van der Waals surface area (Å²) in [7, 11) is 0. The second kappa shape index (κ2) is 6.38. The molecule has 1 aliphatic rings. The van der Waals surface area contributed by atoms with E-state index in [-0.39, 0.29) is 31.1 Å². The fourth-order valence-corrected chi connectivity index (χ4v) is 1.99. The third-order valence-electron chi connectivity index (χ3n) is 3.05. The summed E-state index contributed by atoms with van der Waals surface area (Å²) in [5.74, 6) is 0.103. The van der Waals surface area contributed by atoms with Crippen LogP contribution in [0.4, 0.5) is 5.69 Å². The Bertz CT molecular complexity index is 516. The minimum atomic E-state index is -0.202. The number of benzene rings is 1. The van der Waals surface area contributed by atoms with Crippen molar-refractivity contribution < 1.29 is 19.4 Å². The Morgan fingerprint density at radius 3 is 3.10 bits per heavy atom. The van der Waals surface area contributed by atoms with Crippen molar-refractivity contribution in [2.24, 2.45) is 0 Å². The van der Waals surface area contributed by atoms with Gasteiger partial charge in [-0.05, 0) is 38.0 Å². The molecular formula is C14H18N2O4. The van der Waals surface area contributed by atoms with Crippen LogP contribution in [0.2, 0.25) is 0 Å². The van der Waals surface area contributed by atoms with Gasteiger partial charge in [0.1, 0.15) is 5.75 Å². The van der Waals surface area contributed by atoms with Crippen LogP contribution in [0.5, 0.6) is 5.75 Å². The average molecular weight is 278 g/mol. The van der Waals surface area contributed by atoms with E-state index in [0.717, 1.165) is 6.42 Å². The van der Waals surface area contributed by atoms with Crippen molar-refractivity contribution in [1.29, 1.82) is 0 Å². The number of carbonyl (C=O) groups is 2. The normalized spacial score (nSPS) is 14.8. The summed E-state index contributed by atoms with van der Waals surface area (Å²) in [4.78, 5) is 23.2. The summed E-state index contributed by atoms with van der Waals surface area (Å²) >= 11 is 0. The molecule has 3 N–H and O–H groups in total. The van der Waals surface area contributed by atoms with E-state index in [4.69, 9.17) is 9.84 Å². The van der Waals surface area contributed by atoms with Crippen LogP contribution in [-0.4, -0.2) is 36.2 Å². The largest absolute Gasteiger partial charge is 0.482 e. The molecule has 1 aromatic carbocycles. The lowest BCUT2D eigenvalue weighted by atomic mass is 10.1. The number of fused-ring (bicyclic) bond motifs is 1. The van der Waals surface area contributed by atoms with Crippen molar-refractivity contribution in [2.75, 3.05) is 18.5 Å². The Hall–Kier alpha value is -2.08. The van der Waals surface area contributed by atoms with Gasteiger partial charge in [-0.25, -0.2) is 0 Å². The molecule has 1 unspecified atom stereocenters. The van der Waals surface area contributed by atoms with Crippen molar-refractivity contribution in [3.05, 3.63) is 23.8 Å². The van der Waals surface area contributed by atoms with Crippen molar-refractivity contribution in [3.63, 3.8) is 0 Å². The molecule has 1 atom stereocenters. The van der Waals surface area contributed by atoms with Gasteiger partial charge in [0.2, 0.25) is 0 Å². The highest BCUT2D eigenvalue weighted by atomic mass is 16.5. The molecule has 1 aliphatic heterocycles. The molecule has 6 heteroatoms. The molecule has 2 rings (SSSR count). The van der Waals surface area contributed by atoms with Crippen molar-refractivity contribution >= 4 is 17.5 Å². The maximum absolute atomic E-state index is 12.1. The van der Waals surface area contributed by atoms with Gasteiger partial charge in [0, 0.05) is 18.2 Å². The molecule has 6 nitrogen and oxygen atoms in total. The van der Waals surface area contributed by atoms with Crippen LogP contribution >= 0.6 is 0 Å². The van der Waals surface area contributed by atoms with Gasteiger partial charge in [-0.15, -0.1) is 0 Å². The quantitative estimate of drug-likeness (QED) is 0.747. The molecular weight excluding hydrogens is 260 g/mol. The van der Waals surface area contributed by atoms with E-state index < -0.39 is 0 Å². The third kappa shape index (κ3) is 3.48. The van der Waals surface area contributed by atoms with Crippen LogP contribution in [0.15, 0.2) is 18.2 Å². The fourth-order valence-electron chi connectivity index (χ4n) is 1.99. The van der Waals surface area contributed by atoms with Crippen LogP contribution < -0.4 is 15.4 Å². The Morgan fingerprint density at radius 1 is 1.55 bits per heavy atom. The molecule has 0 fully saturated rings. The second-order valence-electron chi connectivity index (χ2n) is 4.79. The topological polar surface area (TPSA) is 87.7 Å². The number of nitrogens with one attached hydrogen (secondary N) is 2. The molecule has 0 spiro atoms. The lowest BCUT2D eigenvalue weighted by Crippen LogP contribution is -2.33. The summed E-state index contributed by atoms with van der Waals surface area (Å²) in [5, 5.41) is 14.3. The molecule has 2 amide bonds. The van der Waals surface area contributed by atoms with E-state index in [1.807, 2.05) is 6.92 Å². The average Bonchev–Trinajstić information content (AvgIpc) is 2.44.